The molecule has 1 aromatic heterocycles. The Morgan fingerprint density at radius 3 is 2.57 bits per heavy atom. The van der Waals surface area contributed by atoms with Gasteiger partial charge in [0.05, 0.1) is 25.5 Å². The van der Waals surface area contributed by atoms with Crippen LogP contribution in [0.25, 0.3) is 0 Å². The second kappa shape index (κ2) is 10.5. The van der Waals surface area contributed by atoms with Gasteiger partial charge in [0.1, 0.15) is 5.76 Å². The van der Waals surface area contributed by atoms with Gasteiger partial charge >= 0.3 is 0 Å². The molecule has 2 saturated heterocycles. The average molecular weight is 412 g/mol. The quantitative estimate of drug-likeness (QED) is 0.539. The van der Waals surface area contributed by atoms with E-state index in [9.17, 15) is 0 Å². The third kappa shape index (κ3) is 5.15. The molecule has 3 heterocycles. The van der Waals surface area contributed by atoms with Crippen LogP contribution in [0.1, 0.15) is 30.2 Å². The van der Waals surface area contributed by atoms with Crippen molar-refractivity contribution in [2.24, 2.45) is 4.99 Å². The van der Waals surface area contributed by atoms with Gasteiger partial charge in [-0.25, -0.2) is 0 Å². The fraction of sp³-hybridized carbons (Fsp3) is 0.522. The van der Waals surface area contributed by atoms with Crippen LogP contribution in [0.2, 0.25) is 0 Å². The van der Waals surface area contributed by atoms with E-state index < -0.39 is 0 Å². The second-order valence-electron chi connectivity index (χ2n) is 7.81. The van der Waals surface area contributed by atoms with E-state index in [4.69, 9.17) is 9.15 Å². The number of benzene rings is 1. The first-order valence-electron chi connectivity index (χ1n) is 11.0. The zero-order valence-corrected chi connectivity index (χ0v) is 17.8. The molecule has 7 nitrogen and oxygen atoms in total. The van der Waals surface area contributed by atoms with Crippen molar-refractivity contribution in [3.8, 4) is 0 Å². The van der Waals surface area contributed by atoms with Crippen LogP contribution in [-0.2, 0) is 11.3 Å². The maximum Gasteiger partial charge on any atom is 0.191 e. The topological polar surface area (TPSA) is 65.3 Å². The highest BCUT2D eigenvalue weighted by Crippen LogP contribution is 2.25. The summed E-state index contributed by atoms with van der Waals surface area (Å²) in [6, 6.07) is 12.8. The van der Waals surface area contributed by atoms with Gasteiger partial charge < -0.3 is 24.7 Å². The summed E-state index contributed by atoms with van der Waals surface area (Å²) in [5, 5.41) is 7.00. The van der Waals surface area contributed by atoms with Gasteiger partial charge in [-0.15, -0.1) is 0 Å². The Morgan fingerprint density at radius 2 is 1.83 bits per heavy atom. The van der Waals surface area contributed by atoms with E-state index in [0.717, 1.165) is 64.2 Å². The average Bonchev–Trinajstić information content (AvgIpc) is 3.52. The third-order valence-corrected chi connectivity index (χ3v) is 5.93. The standard InChI is InChI=1S/C23H33N5O2/c1-24-23(26-18-21(22-9-6-14-30-22)27-10-4-5-11-27)25-17-19-7-2-3-8-20(19)28-12-15-29-16-13-28/h2-3,6-9,14,21H,4-5,10-13,15-18H2,1H3,(H2,24,25,26). The normalized spacial score (nSPS) is 19.1. The number of aliphatic imine (C=N–C) groups is 1. The number of furan rings is 1. The van der Waals surface area contributed by atoms with Gasteiger partial charge in [-0.3, -0.25) is 9.89 Å². The van der Waals surface area contributed by atoms with Crippen molar-refractivity contribution in [2.75, 3.05) is 57.9 Å². The maximum absolute atomic E-state index is 5.73. The van der Waals surface area contributed by atoms with Gasteiger partial charge in [0.2, 0.25) is 0 Å². The first-order valence-corrected chi connectivity index (χ1v) is 11.0. The number of nitrogens with one attached hydrogen (secondary N) is 2. The molecule has 1 unspecified atom stereocenters. The molecule has 0 saturated carbocycles. The van der Waals surface area contributed by atoms with Crippen molar-refractivity contribution >= 4 is 11.6 Å². The van der Waals surface area contributed by atoms with Crippen LogP contribution < -0.4 is 15.5 Å². The SMILES string of the molecule is CN=C(NCc1ccccc1N1CCOCC1)NCC(c1ccco1)N1CCCC1. The molecular weight excluding hydrogens is 378 g/mol. The molecule has 30 heavy (non-hydrogen) atoms. The van der Waals surface area contributed by atoms with Crippen molar-refractivity contribution in [1.29, 1.82) is 0 Å². The summed E-state index contributed by atoms with van der Waals surface area (Å²) in [7, 11) is 1.82. The molecule has 1 atom stereocenters. The van der Waals surface area contributed by atoms with Gasteiger partial charge in [-0.2, -0.15) is 0 Å². The van der Waals surface area contributed by atoms with Crippen molar-refractivity contribution in [3.05, 3.63) is 54.0 Å². The Hall–Kier alpha value is -2.51. The lowest BCUT2D eigenvalue weighted by molar-refractivity contribution is 0.122. The van der Waals surface area contributed by atoms with Gasteiger partial charge in [0.25, 0.3) is 0 Å². The minimum atomic E-state index is 0.224. The second-order valence-corrected chi connectivity index (χ2v) is 7.81. The summed E-state index contributed by atoms with van der Waals surface area (Å²) >= 11 is 0. The van der Waals surface area contributed by atoms with Crippen molar-refractivity contribution in [3.63, 3.8) is 0 Å². The van der Waals surface area contributed by atoms with Crippen LogP contribution >= 0.6 is 0 Å². The Morgan fingerprint density at radius 1 is 1.03 bits per heavy atom. The molecule has 0 radical (unpaired) electrons. The summed E-state index contributed by atoms with van der Waals surface area (Å²) in [5.41, 5.74) is 2.54. The molecule has 1 aromatic carbocycles. The number of hydrogen-bond acceptors (Lipinski definition) is 5. The summed E-state index contributed by atoms with van der Waals surface area (Å²) in [5.74, 6) is 1.82. The minimum Gasteiger partial charge on any atom is -0.468 e. The number of morpholine rings is 1. The highest BCUT2D eigenvalue weighted by molar-refractivity contribution is 5.79. The fourth-order valence-corrected chi connectivity index (χ4v) is 4.31. The number of rotatable bonds is 7. The number of para-hydroxylation sites is 1. The predicted octanol–water partition coefficient (Wildman–Crippen LogP) is 2.62. The molecular formula is C23H33N5O2. The lowest BCUT2D eigenvalue weighted by Gasteiger charge is -2.31. The van der Waals surface area contributed by atoms with Crippen LogP contribution in [0.3, 0.4) is 0 Å². The molecule has 162 valence electrons. The first-order chi connectivity index (χ1) is 14.8. The maximum atomic E-state index is 5.73. The van der Waals surface area contributed by atoms with E-state index in [1.807, 2.05) is 13.1 Å². The van der Waals surface area contributed by atoms with Crippen LogP contribution in [0.15, 0.2) is 52.1 Å². The van der Waals surface area contributed by atoms with E-state index in [1.165, 1.54) is 24.1 Å². The summed E-state index contributed by atoms with van der Waals surface area (Å²) in [4.78, 5) is 9.33. The van der Waals surface area contributed by atoms with E-state index >= 15 is 0 Å². The van der Waals surface area contributed by atoms with E-state index in [-0.39, 0.29) is 6.04 Å². The zero-order chi connectivity index (χ0) is 20.6. The molecule has 0 amide bonds. The van der Waals surface area contributed by atoms with Crippen LogP contribution in [-0.4, -0.2) is 63.8 Å². The van der Waals surface area contributed by atoms with Gasteiger partial charge in [-0.1, -0.05) is 18.2 Å². The molecule has 7 heteroatoms. The third-order valence-electron chi connectivity index (χ3n) is 5.93. The van der Waals surface area contributed by atoms with Crippen LogP contribution in [0.4, 0.5) is 5.69 Å². The number of anilines is 1. The van der Waals surface area contributed by atoms with Gasteiger partial charge in [0, 0.05) is 38.9 Å². The number of hydrogen-bond donors (Lipinski definition) is 2. The Kier molecular flexibility index (Phi) is 7.26. The van der Waals surface area contributed by atoms with Crippen molar-refractivity contribution in [2.45, 2.75) is 25.4 Å². The Balaban J connectivity index is 1.36. The molecule has 2 fully saturated rings. The molecule has 0 spiro atoms. The van der Waals surface area contributed by atoms with E-state index in [2.05, 4.69) is 55.8 Å². The zero-order valence-electron chi connectivity index (χ0n) is 17.8. The highest BCUT2D eigenvalue weighted by atomic mass is 16.5. The Labute approximate surface area is 179 Å². The molecule has 4 rings (SSSR count). The monoisotopic (exact) mass is 411 g/mol. The van der Waals surface area contributed by atoms with Crippen molar-refractivity contribution < 1.29 is 9.15 Å². The minimum absolute atomic E-state index is 0.224. The summed E-state index contributed by atoms with van der Waals surface area (Å²) in [6.07, 6.45) is 4.26. The predicted molar refractivity (Wildman–Crippen MR) is 120 cm³/mol. The molecule has 2 aliphatic heterocycles. The van der Waals surface area contributed by atoms with E-state index in [0.29, 0.717) is 0 Å². The molecule has 0 bridgehead atoms. The molecule has 0 aliphatic carbocycles. The van der Waals surface area contributed by atoms with Crippen LogP contribution in [0, 0.1) is 0 Å². The lowest BCUT2D eigenvalue weighted by atomic mass is 10.1. The van der Waals surface area contributed by atoms with E-state index in [1.54, 1.807) is 6.26 Å². The number of nitrogens with zero attached hydrogens (tertiary/aromatic N) is 3. The summed E-state index contributed by atoms with van der Waals surface area (Å²) < 4.78 is 11.2. The fourth-order valence-electron chi connectivity index (χ4n) is 4.31. The van der Waals surface area contributed by atoms with Gasteiger partial charge in [0.15, 0.2) is 5.96 Å². The summed E-state index contributed by atoms with van der Waals surface area (Å²) in [6.45, 7) is 7.17. The lowest BCUT2D eigenvalue weighted by Crippen LogP contribution is -2.42. The number of likely N-dealkylation sites (tertiary alicyclic amines) is 1. The van der Waals surface area contributed by atoms with Crippen molar-refractivity contribution in [1.82, 2.24) is 15.5 Å². The number of ether oxygens (including phenoxy) is 1. The van der Waals surface area contributed by atoms with Crippen LogP contribution in [0.5, 0.6) is 0 Å². The number of guanidine groups is 1. The largest absolute Gasteiger partial charge is 0.468 e. The smallest absolute Gasteiger partial charge is 0.191 e. The molecule has 2 aromatic rings. The first kappa shape index (κ1) is 20.8. The highest BCUT2D eigenvalue weighted by Gasteiger charge is 2.25. The van der Waals surface area contributed by atoms with Gasteiger partial charge in [-0.05, 0) is 49.7 Å². The molecule has 2 N–H and O–H groups in total. The molecule has 2 aliphatic rings. The Bertz CT molecular complexity index is 796.